The molecule has 0 saturated carbocycles. The van der Waals surface area contributed by atoms with Gasteiger partial charge in [-0.1, -0.05) is 30.3 Å². The van der Waals surface area contributed by atoms with E-state index in [4.69, 9.17) is 4.74 Å². The summed E-state index contributed by atoms with van der Waals surface area (Å²) in [5.74, 6) is -0.261. The van der Waals surface area contributed by atoms with E-state index in [0.29, 0.717) is 29.4 Å². The van der Waals surface area contributed by atoms with Gasteiger partial charge in [0.1, 0.15) is 0 Å². The topological polar surface area (TPSA) is 93.2 Å². The summed E-state index contributed by atoms with van der Waals surface area (Å²) in [7, 11) is 0. The van der Waals surface area contributed by atoms with Crippen molar-refractivity contribution in [3.8, 4) is 0 Å². The molecule has 2 N–H and O–H groups in total. The fraction of sp³-hybridized carbons (Fsp3) is 0.182. The molecule has 3 rings (SSSR count). The Labute approximate surface area is 169 Å². The van der Waals surface area contributed by atoms with Crippen LogP contribution in [0.15, 0.2) is 67.0 Å². The fourth-order valence-corrected chi connectivity index (χ4v) is 2.65. The molecule has 1 aromatic heterocycles. The van der Waals surface area contributed by atoms with Crippen LogP contribution in [0.25, 0.3) is 0 Å². The quantitative estimate of drug-likeness (QED) is 0.595. The summed E-state index contributed by atoms with van der Waals surface area (Å²) < 4.78 is 4.96. The minimum Gasteiger partial charge on any atom is -0.462 e. The van der Waals surface area contributed by atoms with Crippen LogP contribution in [0.5, 0.6) is 0 Å². The number of rotatable bonds is 7. The molecule has 0 spiro atoms. The molecule has 2 aromatic carbocycles. The zero-order valence-electron chi connectivity index (χ0n) is 16.3. The molecular formula is C22H22N4O3. The number of aromatic nitrogens is 2. The van der Waals surface area contributed by atoms with Crippen molar-refractivity contribution < 1.29 is 14.3 Å². The van der Waals surface area contributed by atoms with Gasteiger partial charge in [0.15, 0.2) is 0 Å². The van der Waals surface area contributed by atoms with Gasteiger partial charge in [-0.15, -0.1) is 0 Å². The number of nitrogens with one attached hydrogen (secondary N) is 2. The van der Waals surface area contributed by atoms with Gasteiger partial charge in [0.25, 0.3) is 5.91 Å². The van der Waals surface area contributed by atoms with E-state index in [1.807, 2.05) is 37.3 Å². The highest BCUT2D eigenvalue weighted by molar-refractivity contribution is 5.94. The van der Waals surface area contributed by atoms with Gasteiger partial charge in [-0.05, 0) is 43.7 Å². The Balaban J connectivity index is 1.59. The van der Waals surface area contributed by atoms with Crippen LogP contribution in [-0.4, -0.2) is 28.5 Å². The van der Waals surface area contributed by atoms with Crippen LogP contribution in [0, 0.1) is 0 Å². The van der Waals surface area contributed by atoms with Crippen LogP contribution in [0.4, 0.5) is 11.6 Å². The fourth-order valence-electron chi connectivity index (χ4n) is 2.65. The van der Waals surface area contributed by atoms with Gasteiger partial charge >= 0.3 is 5.97 Å². The first-order chi connectivity index (χ1) is 14.1. The average molecular weight is 390 g/mol. The van der Waals surface area contributed by atoms with Gasteiger partial charge in [-0.2, -0.15) is 0 Å². The molecular weight excluding hydrogens is 368 g/mol. The molecule has 148 valence electrons. The van der Waals surface area contributed by atoms with E-state index >= 15 is 0 Å². The highest BCUT2D eigenvalue weighted by Gasteiger charge is 2.12. The van der Waals surface area contributed by atoms with E-state index in [9.17, 15) is 9.59 Å². The van der Waals surface area contributed by atoms with Crippen LogP contribution in [0.3, 0.4) is 0 Å². The Morgan fingerprint density at radius 1 is 0.966 bits per heavy atom. The number of carbonyl (C=O) groups excluding carboxylic acids is 2. The first-order valence-electron chi connectivity index (χ1n) is 9.29. The number of hydrogen-bond acceptors (Lipinski definition) is 6. The Bertz CT molecular complexity index is 958. The van der Waals surface area contributed by atoms with Gasteiger partial charge < -0.3 is 15.4 Å². The number of hydrogen-bond donors (Lipinski definition) is 2. The van der Waals surface area contributed by atoms with Gasteiger partial charge in [0, 0.05) is 18.1 Å². The number of benzene rings is 2. The molecule has 1 atom stereocenters. The number of nitrogens with zero attached hydrogens (tertiary/aromatic N) is 2. The normalized spacial score (nSPS) is 11.4. The Hall–Kier alpha value is -3.74. The number of ether oxygens (including phenoxy) is 1. The monoisotopic (exact) mass is 390 g/mol. The van der Waals surface area contributed by atoms with Crippen molar-refractivity contribution in [2.24, 2.45) is 0 Å². The summed E-state index contributed by atoms with van der Waals surface area (Å²) in [4.78, 5) is 32.4. The number of anilines is 2. The van der Waals surface area contributed by atoms with E-state index in [0.717, 1.165) is 5.56 Å². The molecule has 3 aromatic rings. The Morgan fingerprint density at radius 2 is 1.62 bits per heavy atom. The third-order valence-electron chi connectivity index (χ3n) is 4.21. The van der Waals surface area contributed by atoms with Crippen molar-refractivity contribution >= 4 is 23.5 Å². The molecule has 29 heavy (non-hydrogen) atoms. The molecule has 7 heteroatoms. The number of amides is 1. The van der Waals surface area contributed by atoms with Crippen LogP contribution in [0.1, 0.15) is 46.2 Å². The third kappa shape index (κ3) is 5.38. The molecule has 0 saturated heterocycles. The lowest BCUT2D eigenvalue weighted by Gasteiger charge is -2.14. The standard InChI is InChI=1S/C22H22N4O3/c1-3-29-21(28)17-9-11-19(12-10-17)26-22-23-13-18(14-24-22)20(27)25-15(2)16-7-5-4-6-8-16/h4-15H,3H2,1-2H3,(H,25,27)(H,23,24,26). The van der Waals surface area contributed by atoms with Crippen LogP contribution in [-0.2, 0) is 4.74 Å². The highest BCUT2D eigenvalue weighted by Crippen LogP contribution is 2.15. The molecule has 0 aliphatic carbocycles. The van der Waals surface area contributed by atoms with Crippen molar-refractivity contribution in [2.45, 2.75) is 19.9 Å². The lowest BCUT2D eigenvalue weighted by Crippen LogP contribution is -2.26. The maximum atomic E-state index is 12.4. The first kappa shape index (κ1) is 20.0. The smallest absolute Gasteiger partial charge is 0.338 e. The SMILES string of the molecule is CCOC(=O)c1ccc(Nc2ncc(C(=O)NC(C)c3ccccc3)cn2)cc1. The van der Waals surface area contributed by atoms with Crippen LogP contribution >= 0.6 is 0 Å². The van der Waals surface area contributed by atoms with Gasteiger partial charge in [0.05, 0.1) is 23.8 Å². The van der Waals surface area contributed by atoms with Gasteiger partial charge in [0.2, 0.25) is 5.95 Å². The maximum absolute atomic E-state index is 12.4. The molecule has 1 heterocycles. The molecule has 0 aliphatic rings. The van der Waals surface area contributed by atoms with Crippen molar-refractivity contribution in [3.63, 3.8) is 0 Å². The first-order valence-corrected chi connectivity index (χ1v) is 9.29. The van der Waals surface area contributed by atoms with Crippen molar-refractivity contribution in [2.75, 3.05) is 11.9 Å². The van der Waals surface area contributed by atoms with Crippen molar-refractivity contribution in [1.29, 1.82) is 0 Å². The molecule has 0 radical (unpaired) electrons. The largest absolute Gasteiger partial charge is 0.462 e. The lowest BCUT2D eigenvalue weighted by molar-refractivity contribution is 0.0526. The second-order valence-electron chi connectivity index (χ2n) is 6.32. The van der Waals surface area contributed by atoms with Gasteiger partial charge in [-0.3, -0.25) is 4.79 Å². The van der Waals surface area contributed by atoms with Crippen LogP contribution in [0.2, 0.25) is 0 Å². The molecule has 0 bridgehead atoms. The lowest BCUT2D eigenvalue weighted by atomic mass is 10.1. The second-order valence-corrected chi connectivity index (χ2v) is 6.32. The van der Waals surface area contributed by atoms with Crippen LogP contribution < -0.4 is 10.6 Å². The van der Waals surface area contributed by atoms with E-state index < -0.39 is 0 Å². The molecule has 1 amide bonds. The zero-order valence-corrected chi connectivity index (χ0v) is 16.3. The van der Waals surface area contributed by atoms with E-state index in [1.54, 1.807) is 31.2 Å². The van der Waals surface area contributed by atoms with E-state index in [1.165, 1.54) is 12.4 Å². The van der Waals surface area contributed by atoms with Crippen molar-refractivity contribution in [3.05, 3.63) is 83.7 Å². The molecule has 7 nitrogen and oxygen atoms in total. The number of carbonyl (C=O) groups is 2. The van der Waals surface area contributed by atoms with E-state index in [-0.39, 0.29) is 17.9 Å². The van der Waals surface area contributed by atoms with Crippen molar-refractivity contribution in [1.82, 2.24) is 15.3 Å². The maximum Gasteiger partial charge on any atom is 0.338 e. The minimum absolute atomic E-state index is 0.126. The minimum atomic E-state index is -0.365. The second kappa shape index (κ2) is 9.45. The summed E-state index contributed by atoms with van der Waals surface area (Å²) in [5.41, 5.74) is 2.58. The highest BCUT2D eigenvalue weighted by atomic mass is 16.5. The third-order valence-corrected chi connectivity index (χ3v) is 4.21. The molecule has 1 unspecified atom stereocenters. The predicted molar refractivity (Wildman–Crippen MR) is 110 cm³/mol. The summed E-state index contributed by atoms with van der Waals surface area (Å²) in [6, 6.07) is 16.4. The summed E-state index contributed by atoms with van der Waals surface area (Å²) in [6.07, 6.45) is 2.94. The Morgan fingerprint density at radius 3 is 2.24 bits per heavy atom. The predicted octanol–water partition coefficient (Wildman–Crippen LogP) is 3.89. The summed E-state index contributed by atoms with van der Waals surface area (Å²) >= 11 is 0. The molecule has 0 fully saturated rings. The number of esters is 1. The van der Waals surface area contributed by atoms with E-state index in [2.05, 4.69) is 20.6 Å². The zero-order chi connectivity index (χ0) is 20.6. The molecule has 0 aliphatic heterocycles. The average Bonchev–Trinajstić information content (AvgIpc) is 2.75. The Kier molecular flexibility index (Phi) is 6.52. The van der Waals surface area contributed by atoms with Gasteiger partial charge in [-0.25, -0.2) is 14.8 Å². The summed E-state index contributed by atoms with van der Waals surface area (Å²) in [5, 5.41) is 5.95. The summed E-state index contributed by atoms with van der Waals surface area (Å²) in [6.45, 7) is 4.01.